The minimum atomic E-state index is -1.32. The fraction of sp³-hybridized carbons (Fsp3) is 0.107. The van der Waals surface area contributed by atoms with Gasteiger partial charge < -0.3 is 20.1 Å². The number of aromatic carboxylic acids is 1. The number of fused-ring (bicyclic) bond motifs is 2. The van der Waals surface area contributed by atoms with Gasteiger partial charge in [0.15, 0.2) is 0 Å². The molecule has 4 aromatic rings. The second kappa shape index (κ2) is 10.4. The zero-order chi connectivity index (χ0) is 26.7. The molecule has 2 heterocycles. The van der Waals surface area contributed by atoms with E-state index in [0.29, 0.717) is 11.9 Å². The van der Waals surface area contributed by atoms with Gasteiger partial charge in [-0.2, -0.15) is 0 Å². The highest BCUT2D eigenvalue weighted by Crippen LogP contribution is 2.36. The van der Waals surface area contributed by atoms with Gasteiger partial charge in [-0.15, -0.1) is 0 Å². The molecule has 188 valence electrons. The number of rotatable bonds is 4. The van der Waals surface area contributed by atoms with E-state index in [-0.39, 0.29) is 16.7 Å². The van der Waals surface area contributed by atoms with Gasteiger partial charge in [-0.05, 0) is 60.0 Å². The molecular weight excluding hydrogens is 484 g/mol. The summed E-state index contributed by atoms with van der Waals surface area (Å²) >= 11 is 0. The Morgan fingerprint density at radius 2 is 1.76 bits per heavy atom. The van der Waals surface area contributed by atoms with Crippen molar-refractivity contribution in [3.05, 3.63) is 107 Å². The molecule has 3 N–H and O–H groups in total. The smallest absolute Gasteiger partial charge is 0.339 e. The summed E-state index contributed by atoms with van der Waals surface area (Å²) in [6, 6.07) is 16.0. The van der Waals surface area contributed by atoms with Crippen LogP contribution in [0.3, 0.4) is 0 Å². The van der Waals surface area contributed by atoms with Gasteiger partial charge in [-0.1, -0.05) is 24.3 Å². The van der Waals surface area contributed by atoms with Crippen LogP contribution in [-0.2, 0) is 11.2 Å². The van der Waals surface area contributed by atoms with Gasteiger partial charge in [0, 0.05) is 29.8 Å². The maximum Gasteiger partial charge on any atom is 0.339 e. The lowest BCUT2D eigenvalue weighted by Crippen LogP contribution is -2.10. The van der Waals surface area contributed by atoms with Crippen LogP contribution in [0.1, 0.15) is 39.9 Å². The molecule has 7 nitrogen and oxygen atoms in total. The van der Waals surface area contributed by atoms with Gasteiger partial charge >= 0.3 is 11.9 Å². The molecule has 1 aliphatic heterocycles. The Morgan fingerprint density at radius 1 is 0.973 bits per heavy atom. The van der Waals surface area contributed by atoms with E-state index in [4.69, 9.17) is 14.9 Å². The summed E-state index contributed by atoms with van der Waals surface area (Å²) in [7, 11) is 0. The van der Waals surface area contributed by atoms with Gasteiger partial charge in [0.2, 0.25) is 5.88 Å². The molecule has 0 spiro atoms. The first-order valence-corrected chi connectivity index (χ1v) is 11.1. The summed E-state index contributed by atoms with van der Waals surface area (Å²) in [6.07, 6.45) is 2.42. The first-order chi connectivity index (χ1) is 17.6. The predicted molar refractivity (Wildman–Crippen MR) is 130 cm³/mol. The standard InChI is InChI=1S/C15H13NO3.C13H8F2O3/c1-9(15(17)18)10-4-5-13-12(7-10)8-11-3-2-6-16-14(11)19-13;14-8-2-3-9(11(15)6-8)7-1-4-12(16)10(5-7)13(17)18/h2-7,9H,8H2,1H3,(H,17,18);1-6,16H,(H,17,18). The molecule has 37 heavy (non-hydrogen) atoms. The number of nitrogens with zero attached hydrogens (tertiary/aromatic N) is 1. The number of phenols is 1. The maximum absolute atomic E-state index is 13.5. The summed E-state index contributed by atoms with van der Waals surface area (Å²) in [5.41, 5.74) is 2.81. The fourth-order valence-electron chi connectivity index (χ4n) is 3.81. The number of hydrogen-bond donors (Lipinski definition) is 3. The normalized spacial score (nSPS) is 12.2. The number of pyridine rings is 1. The molecule has 1 aromatic heterocycles. The van der Waals surface area contributed by atoms with Crippen LogP contribution in [0.25, 0.3) is 11.1 Å². The van der Waals surface area contributed by atoms with E-state index in [2.05, 4.69) is 4.98 Å². The van der Waals surface area contributed by atoms with E-state index >= 15 is 0 Å². The Bertz CT molecular complexity index is 1500. The highest BCUT2D eigenvalue weighted by atomic mass is 19.1. The fourth-order valence-corrected chi connectivity index (χ4v) is 3.81. The van der Waals surface area contributed by atoms with Gasteiger partial charge in [0.25, 0.3) is 0 Å². The van der Waals surface area contributed by atoms with Crippen LogP contribution < -0.4 is 4.74 Å². The number of carbonyl (C=O) groups is 2. The van der Waals surface area contributed by atoms with Crippen LogP contribution in [-0.4, -0.2) is 32.2 Å². The number of halogens is 2. The van der Waals surface area contributed by atoms with E-state index < -0.39 is 35.2 Å². The molecule has 0 saturated heterocycles. The quantitative estimate of drug-likeness (QED) is 0.274. The molecule has 1 atom stereocenters. The van der Waals surface area contributed by atoms with Crippen LogP contribution in [0.2, 0.25) is 0 Å². The van der Waals surface area contributed by atoms with Crippen LogP contribution >= 0.6 is 0 Å². The van der Waals surface area contributed by atoms with E-state index in [9.17, 15) is 23.5 Å². The van der Waals surface area contributed by atoms with Crippen molar-refractivity contribution in [3.8, 4) is 28.5 Å². The number of hydrogen-bond acceptors (Lipinski definition) is 5. The number of carboxylic acid groups (broad SMARTS) is 2. The Labute approximate surface area is 210 Å². The Morgan fingerprint density at radius 3 is 2.46 bits per heavy atom. The van der Waals surface area contributed by atoms with Gasteiger partial charge in [-0.3, -0.25) is 4.79 Å². The van der Waals surface area contributed by atoms with Crippen LogP contribution in [0, 0.1) is 11.6 Å². The van der Waals surface area contributed by atoms with Crippen LogP contribution in [0.4, 0.5) is 8.78 Å². The highest BCUT2D eigenvalue weighted by molar-refractivity contribution is 5.92. The lowest BCUT2D eigenvalue weighted by atomic mass is 9.95. The minimum absolute atomic E-state index is 0.0684. The van der Waals surface area contributed by atoms with Crippen molar-refractivity contribution < 1.29 is 38.4 Å². The summed E-state index contributed by atoms with van der Waals surface area (Å²) in [5, 5.41) is 27.2. The van der Waals surface area contributed by atoms with Gasteiger partial charge in [-0.25, -0.2) is 18.6 Å². The van der Waals surface area contributed by atoms with E-state index in [1.54, 1.807) is 19.2 Å². The zero-order valence-electron chi connectivity index (χ0n) is 19.5. The number of carboxylic acids is 2. The van der Waals surface area contributed by atoms with Crippen molar-refractivity contribution in [1.82, 2.24) is 4.98 Å². The van der Waals surface area contributed by atoms with Crippen LogP contribution in [0.5, 0.6) is 17.4 Å². The second-order valence-corrected chi connectivity index (χ2v) is 8.33. The van der Waals surface area contributed by atoms with Crippen molar-refractivity contribution in [2.75, 3.05) is 0 Å². The molecule has 0 fully saturated rings. The predicted octanol–water partition coefficient (Wildman–Crippen LogP) is 6.00. The molecule has 9 heteroatoms. The zero-order valence-corrected chi connectivity index (χ0v) is 19.5. The Balaban J connectivity index is 0.000000173. The molecule has 5 rings (SSSR count). The Kier molecular flexibility index (Phi) is 7.15. The van der Waals surface area contributed by atoms with E-state index in [0.717, 1.165) is 47.1 Å². The second-order valence-electron chi connectivity index (χ2n) is 8.33. The molecule has 0 aliphatic carbocycles. The van der Waals surface area contributed by atoms with Crippen molar-refractivity contribution in [1.29, 1.82) is 0 Å². The average molecular weight is 505 g/mol. The summed E-state index contributed by atoms with van der Waals surface area (Å²) in [5.74, 6) is -3.18. The first-order valence-electron chi connectivity index (χ1n) is 11.1. The van der Waals surface area contributed by atoms with E-state index in [1.165, 1.54) is 12.1 Å². The number of aliphatic carboxylic acids is 1. The molecule has 3 aromatic carbocycles. The molecule has 1 unspecified atom stereocenters. The largest absolute Gasteiger partial charge is 0.507 e. The monoisotopic (exact) mass is 505 g/mol. The Hall–Kier alpha value is -4.79. The maximum atomic E-state index is 13.5. The number of aromatic nitrogens is 1. The van der Waals surface area contributed by atoms with Gasteiger partial charge in [0.05, 0.1) is 5.92 Å². The molecule has 0 bridgehead atoms. The third-order valence-electron chi connectivity index (χ3n) is 5.86. The SMILES string of the molecule is CC(C(=O)O)c1ccc2c(c1)Cc1cccnc1O2.O=C(O)c1cc(-c2ccc(F)cc2F)ccc1O. The summed E-state index contributed by atoms with van der Waals surface area (Å²) in [4.78, 5) is 26.0. The molecule has 0 amide bonds. The van der Waals surface area contributed by atoms with Gasteiger partial charge in [0.1, 0.15) is 28.7 Å². The summed E-state index contributed by atoms with van der Waals surface area (Å²) < 4.78 is 32.0. The number of aromatic hydroxyl groups is 1. The molecule has 0 saturated carbocycles. The average Bonchev–Trinajstić information content (AvgIpc) is 2.87. The van der Waals surface area contributed by atoms with Crippen molar-refractivity contribution in [2.45, 2.75) is 19.3 Å². The highest BCUT2D eigenvalue weighted by Gasteiger charge is 2.21. The van der Waals surface area contributed by atoms with Crippen molar-refractivity contribution in [2.24, 2.45) is 0 Å². The molecule has 1 aliphatic rings. The first kappa shape index (κ1) is 25.3. The lowest BCUT2D eigenvalue weighted by molar-refractivity contribution is -0.138. The van der Waals surface area contributed by atoms with Crippen molar-refractivity contribution >= 4 is 11.9 Å². The molecular formula is C28H21F2NO6. The lowest BCUT2D eigenvalue weighted by Gasteiger charge is -2.20. The van der Waals surface area contributed by atoms with Crippen LogP contribution in [0.15, 0.2) is 72.9 Å². The minimum Gasteiger partial charge on any atom is -0.507 e. The molecule has 0 radical (unpaired) electrons. The number of benzene rings is 3. The van der Waals surface area contributed by atoms with Crippen molar-refractivity contribution in [3.63, 3.8) is 0 Å². The summed E-state index contributed by atoms with van der Waals surface area (Å²) in [6.45, 7) is 1.68. The number of ether oxygens (including phenoxy) is 1. The third kappa shape index (κ3) is 5.56. The third-order valence-corrected chi connectivity index (χ3v) is 5.86. The topological polar surface area (TPSA) is 117 Å². The van der Waals surface area contributed by atoms with E-state index in [1.807, 2.05) is 24.3 Å².